The average molecular weight is 459 g/mol. The van der Waals surface area contributed by atoms with Crippen LogP contribution in [0.15, 0.2) is 59.0 Å². The molecular formula is C26H21NO7. The molecule has 172 valence electrons. The SMILES string of the molecule is COc1ccc(C(=O)c2oc3cc(NC(=O)c4ccc5c(c4)OCO5)ccc3c2C)cc1OC. The van der Waals surface area contributed by atoms with Gasteiger partial charge in [-0.25, -0.2) is 0 Å². The van der Waals surface area contributed by atoms with E-state index in [0.29, 0.717) is 51.0 Å². The molecule has 0 atom stereocenters. The van der Waals surface area contributed by atoms with Crippen molar-refractivity contribution in [1.82, 2.24) is 0 Å². The molecule has 1 aliphatic rings. The highest BCUT2D eigenvalue weighted by molar-refractivity contribution is 6.11. The molecule has 0 saturated heterocycles. The van der Waals surface area contributed by atoms with E-state index in [-0.39, 0.29) is 24.2 Å². The number of anilines is 1. The maximum absolute atomic E-state index is 13.2. The number of carbonyl (C=O) groups excluding carboxylic acids is 2. The zero-order chi connectivity index (χ0) is 23.8. The molecule has 0 aliphatic carbocycles. The smallest absolute Gasteiger partial charge is 0.255 e. The van der Waals surface area contributed by atoms with Crippen molar-refractivity contribution in [3.05, 3.63) is 77.0 Å². The average Bonchev–Trinajstić information content (AvgIpc) is 3.46. The van der Waals surface area contributed by atoms with Gasteiger partial charge in [0.05, 0.1) is 14.2 Å². The lowest BCUT2D eigenvalue weighted by atomic mass is 10.0. The monoisotopic (exact) mass is 459 g/mol. The number of ketones is 1. The minimum atomic E-state index is -0.303. The summed E-state index contributed by atoms with van der Waals surface area (Å²) in [6, 6.07) is 15.2. The minimum Gasteiger partial charge on any atom is -0.493 e. The Balaban J connectivity index is 1.41. The zero-order valence-corrected chi connectivity index (χ0v) is 18.8. The number of nitrogens with one attached hydrogen (secondary N) is 1. The van der Waals surface area contributed by atoms with Gasteiger partial charge in [0.1, 0.15) is 5.58 Å². The topological polar surface area (TPSA) is 96.2 Å². The van der Waals surface area contributed by atoms with E-state index in [9.17, 15) is 9.59 Å². The quantitative estimate of drug-likeness (QED) is 0.407. The van der Waals surface area contributed by atoms with Gasteiger partial charge in [-0.1, -0.05) is 0 Å². The van der Waals surface area contributed by atoms with Gasteiger partial charge in [-0.05, 0) is 55.5 Å². The highest BCUT2D eigenvalue weighted by Crippen LogP contribution is 2.34. The highest BCUT2D eigenvalue weighted by atomic mass is 16.7. The predicted molar refractivity (Wildman–Crippen MR) is 124 cm³/mol. The van der Waals surface area contributed by atoms with Crippen LogP contribution in [0.4, 0.5) is 5.69 Å². The number of hydrogen-bond acceptors (Lipinski definition) is 7. The Bertz CT molecular complexity index is 1440. The fourth-order valence-electron chi connectivity index (χ4n) is 3.87. The second-order valence-corrected chi connectivity index (χ2v) is 7.69. The van der Waals surface area contributed by atoms with Crippen LogP contribution in [-0.2, 0) is 0 Å². The Labute approximate surface area is 195 Å². The van der Waals surface area contributed by atoms with Crippen molar-refractivity contribution in [1.29, 1.82) is 0 Å². The predicted octanol–water partition coefficient (Wildman–Crippen LogP) is 4.97. The van der Waals surface area contributed by atoms with Crippen LogP contribution < -0.4 is 24.3 Å². The van der Waals surface area contributed by atoms with Gasteiger partial charge < -0.3 is 28.7 Å². The summed E-state index contributed by atoms with van der Waals surface area (Å²) in [5.41, 5.74) is 2.59. The number of hydrogen-bond donors (Lipinski definition) is 1. The summed E-state index contributed by atoms with van der Waals surface area (Å²) in [4.78, 5) is 25.9. The van der Waals surface area contributed by atoms with Crippen molar-refractivity contribution in [2.45, 2.75) is 6.92 Å². The molecule has 8 heteroatoms. The molecule has 2 heterocycles. The summed E-state index contributed by atoms with van der Waals surface area (Å²) in [5.74, 6) is 1.77. The summed E-state index contributed by atoms with van der Waals surface area (Å²) in [7, 11) is 3.05. The number of ether oxygens (including phenoxy) is 4. The molecule has 4 aromatic rings. The van der Waals surface area contributed by atoms with Gasteiger partial charge in [-0.2, -0.15) is 0 Å². The molecule has 1 aliphatic heterocycles. The van der Waals surface area contributed by atoms with E-state index in [1.54, 1.807) is 48.5 Å². The summed E-state index contributed by atoms with van der Waals surface area (Å²) < 4.78 is 27.1. The van der Waals surface area contributed by atoms with Crippen LogP contribution in [0.25, 0.3) is 11.0 Å². The molecule has 0 fully saturated rings. The molecule has 8 nitrogen and oxygen atoms in total. The van der Waals surface area contributed by atoms with Crippen LogP contribution >= 0.6 is 0 Å². The van der Waals surface area contributed by atoms with Crippen LogP contribution in [0.5, 0.6) is 23.0 Å². The molecule has 5 rings (SSSR count). The maximum atomic E-state index is 13.2. The summed E-state index contributed by atoms with van der Waals surface area (Å²) in [6.45, 7) is 1.96. The summed E-state index contributed by atoms with van der Waals surface area (Å²) >= 11 is 0. The first kappa shape index (κ1) is 21.4. The maximum Gasteiger partial charge on any atom is 0.255 e. The number of fused-ring (bicyclic) bond motifs is 2. The lowest BCUT2D eigenvalue weighted by molar-refractivity contribution is 0.101. The van der Waals surface area contributed by atoms with Gasteiger partial charge in [-0.3, -0.25) is 9.59 Å². The number of aryl methyl sites for hydroxylation is 1. The van der Waals surface area contributed by atoms with E-state index in [1.807, 2.05) is 13.0 Å². The van der Waals surface area contributed by atoms with Crippen molar-refractivity contribution in [3.8, 4) is 23.0 Å². The Kier molecular flexibility index (Phi) is 5.33. The Morgan fingerprint density at radius 3 is 2.41 bits per heavy atom. The lowest BCUT2D eigenvalue weighted by Crippen LogP contribution is -2.11. The van der Waals surface area contributed by atoms with Crippen molar-refractivity contribution >= 4 is 28.3 Å². The van der Waals surface area contributed by atoms with Crippen molar-refractivity contribution in [3.63, 3.8) is 0 Å². The molecule has 0 radical (unpaired) electrons. The van der Waals surface area contributed by atoms with E-state index < -0.39 is 0 Å². The number of amides is 1. The van der Waals surface area contributed by atoms with Gasteiger partial charge >= 0.3 is 0 Å². The van der Waals surface area contributed by atoms with E-state index in [0.717, 1.165) is 5.39 Å². The largest absolute Gasteiger partial charge is 0.493 e. The summed E-state index contributed by atoms with van der Waals surface area (Å²) in [5, 5.41) is 3.63. The molecule has 0 saturated carbocycles. The first-order valence-corrected chi connectivity index (χ1v) is 10.5. The number of methoxy groups -OCH3 is 2. The molecule has 0 spiro atoms. The van der Waals surface area contributed by atoms with Gasteiger partial charge in [0.15, 0.2) is 28.8 Å². The van der Waals surface area contributed by atoms with Gasteiger partial charge in [0.25, 0.3) is 5.91 Å². The molecule has 1 N–H and O–H groups in total. The molecule has 3 aromatic carbocycles. The van der Waals surface area contributed by atoms with Crippen molar-refractivity contribution < 1.29 is 33.0 Å². The van der Waals surface area contributed by atoms with E-state index in [2.05, 4.69) is 5.32 Å². The molecule has 1 aromatic heterocycles. The molecule has 0 bridgehead atoms. The third-order valence-corrected chi connectivity index (χ3v) is 5.68. The fourth-order valence-corrected chi connectivity index (χ4v) is 3.87. The van der Waals surface area contributed by atoms with Gasteiger partial charge in [-0.15, -0.1) is 0 Å². The third-order valence-electron chi connectivity index (χ3n) is 5.68. The Hall–Kier alpha value is -4.46. The van der Waals surface area contributed by atoms with E-state index in [4.69, 9.17) is 23.4 Å². The number of carbonyl (C=O) groups is 2. The molecule has 1 amide bonds. The van der Waals surface area contributed by atoms with Crippen LogP contribution in [0, 0.1) is 6.92 Å². The van der Waals surface area contributed by atoms with Crippen LogP contribution in [0.1, 0.15) is 32.0 Å². The number of benzene rings is 3. The molecule has 0 unspecified atom stereocenters. The normalized spacial score (nSPS) is 12.0. The highest BCUT2D eigenvalue weighted by Gasteiger charge is 2.22. The van der Waals surface area contributed by atoms with Gasteiger partial charge in [0.2, 0.25) is 12.6 Å². The fraction of sp³-hybridized carbons (Fsp3) is 0.154. The van der Waals surface area contributed by atoms with E-state index in [1.165, 1.54) is 14.2 Å². The summed E-state index contributed by atoms with van der Waals surface area (Å²) in [6.07, 6.45) is 0. The van der Waals surface area contributed by atoms with Crippen LogP contribution in [-0.4, -0.2) is 32.7 Å². The van der Waals surface area contributed by atoms with E-state index >= 15 is 0 Å². The van der Waals surface area contributed by atoms with Gasteiger partial charge in [0, 0.05) is 33.8 Å². The van der Waals surface area contributed by atoms with Crippen molar-refractivity contribution in [2.75, 3.05) is 26.3 Å². The Morgan fingerprint density at radius 1 is 0.853 bits per heavy atom. The first-order chi connectivity index (χ1) is 16.5. The molecule has 34 heavy (non-hydrogen) atoms. The minimum absolute atomic E-state index is 0.138. The first-order valence-electron chi connectivity index (χ1n) is 10.5. The third kappa shape index (κ3) is 3.69. The standard InChI is InChI=1S/C26H21NO7/c1-14-18-7-6-17(27-26(29)16-5-9-20-23(11-16)33-13-32-20)12-21(18)34-25(14)24(28)15-4-8-19(30-2)22(10-15)31-3/h4-12H,13H2,1-3H3,(H,27,29). The second kappa shape index (κ2) is 8.47. The zero-order valence-electron chi connectivity index (χ0n) is 18.8. The van der Waals surface area contributed by atoms with Crippen LogP contribution in [0.2, 0.25) is 0 Å². The van der Waals surface area contributed by atoms with Crippen molar-refractivity contribution in [2.24, 2.45) is 0 Å². The van der Waals surface area contributed by atoms with Crippen LogP contribution in [0.3, 0.4) is 0 Å². The molecular weight excluding hydrogens is 438 g/mol. The second-order valence-electron chi connectivity index (χ2n) is 7.69. The Morgan fingerprint density at radius 2 is 1.62 bits per heavy atom. The lowest BCUT2D eigenvalue weighted by Gasteiger charge is -2.08. The number of rotatable bonds is 6. The number of furan rings is 1.